The number of aromatic nitrogens is 1. The van der Waals surface area contributed by atoms with Crippen molar-refractivity contribution in [3.63, 3.8) is 0 Å². The van der Waals surface area contributed by atoms with Gasteiger partial charge in [-0.3, -0.25) is 9.59 Å². The Morgan fingerprint density at radius 2 is 1.73 bits per heavy atom. The molecule has 0 bridgehead atoms. The topological polar surface area (TPSA) is 161 Å². The molecular formula is C34H36ClF3N6O5. The largest absolute Gasteiger partial charge is 0.490 e. The Morgan fingerprint density at radius 1 is 1.08 bits per heavy atom. The molecule has 2 unspecified atom stereocenters. The number of hydrogen-bond donors (Lipinski definition) is 5. The summed E-state index contributed by atoms with van der Waals surface area (Å²) in [6.45, 7) is 3.26. The van der Waals surface area contributed by atoms with Crippen LogP contribution in [0, 0.1) is 5.92 Å². The third-order valence-electron chi connectivity index (χ3n) is 8.01. The number of para-hydroxylation sites is 1. The molecule has 3 aromatic carbocycles. The SMILES string of the molecule is CC(c1c[nH]c2ccccc12)C(NC(=O)Nc1ccc(C(N)=O)cc1)C(=O)N1C[C@@H](CN(C)C)Cc2cc(Cl)ccc21.O=C(O)C(F)(F)F. The maximum Gasteiger partial charge on any atom is 0.490 e. The van der Waals surface area contributed by atoms with E-state index in [4.69, 9.17) is 27.2 Å². The highest BCUT2D eigenvalue weighted by Gasteiger charge is 2.39. The molecule has 260 valence electrons. The number of aromatic amines is 1. The van der Waals surface area contributed by atoms with Gasteiger partial charge in [-0.15, -0.1) is 0 Å². The number of H-pyrrole nitrogens is 1. The van der Waals surface area contributed by atoms with E-state index in [1.165, 1.54) is 12.1 Å². The van der Waals surface area contributed by atoms with Crippen LogP contribution in [0.4, 0.5) is 29.3 Å². The number of fused-ring (bicyclic) bond motifs is 2. The maximum atomic E-state index is 14.5. The quantitative estimate of drug-likeness (QED) is 0.161. The van der Waals surface area contributed by atoms with Gasteiger partial charge in [0.1, 0.15) is 6.04 Å². The Balaban J connectivity index is 0.000000698. The first kappa shape index (κ1) is 36.8. The molecule has 2 heterocycles. The highest BCUT2D eigenvalue weighted by atomic mass is 35.5. The molecule has 1 aromatic heterocycles. The van der Waals surface area contributed by atoms with Crippen molar-refractivity contribution in [2.75, 3.05) is 37.4 Å². The van der Waals surface area contributed by atoms with Gasteiger partial charge in [0.2, 0.25) is 11.8 Å². The number of halogens is 4. The number of nitrogens with two attached hydrogens (primary N) is 1. The average molecular weight is 701 g/mol. The summed E-state index contributed by atoms with van der Waals surface area (Å²) in [6.07, 6.45) is -2.38. The van der Waals surface area contributed by atoms with Gasteiger partial charge in [0, 0.05) is 58.1 Å². The van der Waals surface area contributed by atoms with Crippen LogP contribution in [-0.4, -0.2) is 78.2 Å². The molecule has 15 heteroatoms. The van der Waals surface area contributed by atoms with E-state index in [1.54, 1.807) is 23.1 Å². The summed E-state index contributed by atoms with van der Waals surface area (Å²) in [5.41, 5.74) is 9.82. The minimum Gasteiger partial charge on any atom is -0.475 e. The number of anilines is 2. The van der Waals surface area contributed by atoms with Gasteiger partial charge in [-0.2, -0.15) is 13.2 Å². The summed E-state index contributed by atoms with van der Waals surface area (Å²) in [4.78, 5) is 55.4. The number of carboxylic acids is 1. The molecule has 0 radical (unpaired) electrons. The normalized spacial score (nSPS) is 15.4. The van der Waals surface area contributed by atoms with Crippen LogP contribution >= 0.6 is 11.6 Å². The van der Waals surface area contributed by atoms with Gasteiger partial charge in [-0.25, -0.2) is 9.59 Å². The van der Waals surface area contributed by atoms with Crippen LogP contribution in [0.1, 0.15) is 34.3 Å². The molecule has 0 spiro atoms. The Labute approximate surface area is 285 Å². The standard InChI is InChI=1S/C32H35ClN6O3.C2HF3O2/c1-19(26-16-35-27-7-5-4-6-25(26)27)29(37-32(42)36-24-11-8-21(9-12-24)30(34)40)31(41)39-18-20(17-38(2)3)14-22-15-23(33)10-13-28(22)39;3-2(4,5)1(6)7/h4-13,15-16,19-20,29,35H,14,17-18H2,1-3H3,(H2,34,40)(H2,36,37,42);(H,6,7)/t19?,20-,29?;/m1./s1. The lowest BCUT2D eigenvalue weighted by molar-refractivity contribution is -0.192. The lowest BCUT2D eigenvalue weighted by Crippen LogP contribution is -2.54. The molecule has 0 aliphatic carbocycles. The number of aliphatic carboxylic acids is 1. The Bertz CT molecular complexity index is 1830. The number of benzene rings is 3. The van der Waals surface area contributed by atoms with Crippen molar-refractivity contribution in [2.24, 2.45) is 11.7 Å². The number of carboxylic acid groups (broad SMARTS) is 1. The van der Waals surface area contributed by atoms with Crippen molar-refractivity contribution < 1.29 is 37.5 Å². The smallest absolute Gasteiger partial charge is 0.475 e. The zero-order chi connectivity index (χ0) is 36.0. The Morgan fingerprint density at radius 3 is 2.35 bits per heavy atom. The second-order valence-electron chi connectivity index (χ2n) is 12.0. The van der Waals surface area contributed by atoms with E-state index in [2.05, 4.69) is 20.5 Å². The molecule has 11 nitrogen and oxygen atoms in total. The van der Waals surface area contributed by atoms with Gasteiger partial charge >= 0.3 is 18.2 Å². The maximum absolute atomic E-state index is 14.5. The fraction of sp³-hybridized carbons (Fsp3) is 0.294. The number of amides is 4. The number of hydrogen-bond acceptors (Lipinski definition) is 5. The number of primary amides is 1. The lowest BCUT2D eigenvalue weighted by Gasteiger charge is -2.38. The third-order valence-corrected chi connectivity index (χ3v) is 8.24. The fourth-order valence-corrected chi connectivity index (χ4v) is 6.00. The average Bonchev–Trinajstić information content (AvgIpc) is 3.46. The molecule has 5 rings (SSSR count). The second-order valence-corrected chi connectivity index (χ2v) is 12.4. The van der Waals surface area contributed by atoms with Gasteiger partial charge in [0.25, 0.3) is 0 Å². The molecule has 4 aromatic rings. The predicted octanol–water partition coefficient (Wildman–Crippen LogP) is 5.61. The predicted molar refractivity (Wildman–Crippen MR) is 181 cm³/mol. The highest BCUT2D eigenvalue weighted by molar-refractivity contribution is 6.30. The van der Waals surface area contributed by atoms with E-state index in [0.717, 1.165) is 40.7 Å². The van der Waals surface area contributed by atoms with E-state index in [-0.39, 0.29) is 17.7 Å². The number of carbonyl (C=O) groups excluding carboxylic acids is 3. The molecule has 6 N–H and O–H groups in total. The van der Waals surface area contributed by atoms with Crippen LogP contribution in [0.3, 0.4) is 0 Å². The monoisotopic (exact) mass is 700 g/mol. The highest BCUT2D eigenvalue weighted by Crippen LogP contribution is 2.35. The van der Waals surface area contributed by atoms with Crippen LogP contribution in [0.15, 0.2) is 72.9 Å². The Hall–Kier alpha value is -5.08. The van der Waals surface area contributed by atoms with Crippen molar-refractivity contribution in [1.29, 1.82) is 0 Å². The minimum absolute atomic E-state index is 0.191. The lowest BCUT2D eigenvalue weighted by atomic mass is 9.88. The van der Waals surface area contributed by atoms with Crippen molar-refractivity contribution in [3.05, 3.63) is 94.6 Å². The number of alkyl halides is 3. The van der Waals surface area contributed by atoms with E-state index >= 15 is 0 Å². The van der Waals surface area contributed by atoms with Crippen molar-refractivity contribution >= 4 is 57.7 Å². The number of carbonyl (C=O) groups is 4. The van der Waals surface area contributed by atoms with E-state index < -0.39 is 30.1 Å². The molecule has 0 fully saturated rings. The molecule has 49 heavy (non-hydrogen) atoms. The number of urea groups is 1. The van der Waals surface area contributed by atoms with Crippen LogP contribution < -0.4 is 21.3 Å². The molecule has 1 aliphatic rings. The Kier molecular flexibility index (Phi) is 11.6. The van der Waals surface area contributed by atoms with Crippen molar-refractivity contribution in [2.45, 2.75) is 31.5 Å². The van der Waals surface area contributed by atoms with Gasteiger partial charge in [-0.1, -0.05) is 36.7 Å². The molecular weight excluding hydrogens is 665 g/mol. The van der Waals surface area contributed by atoms with Crippen LogP contribution in [0.5, 0.6) is 0 Å². The molecule has 0 saturated carbocycles. The summed E-state index contributed by atoms with van der Waals surface area (Å²) < 4.78 is 31.7. The van der Waals surface area contributed by atoms with E-state index in [9.17, 15) is 27.6 Å². The van der Waals surface area contributed by atoms with Gasteiger partial charge in [0.15, 0.2) is 0 Å². The summed E-state index contributed by atoms with van der Waals surface area (Å²) in [7, 11) is 4.03. The van der Waals surface area contributed by atoms with Crippen molar-refractivity contribution in [3.8, 4) is 0 Å². The summed E-state index contributed by atoms with van der Waals surface area (Å²) in [5.74, 6) is -3.70. The molecule has 4 amide bonds. The fourth-order valence-electron chi connectivity index (χ4n) is 5.81. The molecule has 1 aliphatic heterocycles. The summed E-state index contributed by atoms with van der Waals surface area (Å²) in [5, 5.41) is 14.5. The summed E-state index contributed by atoms with van der Waals surface area (Å²) >= 11 is 6.36. The summed E-state index contributed by atoms with van der Waals surface area (Å²) in [6, 6.07) is 18.3. The third kappa shape index (κ3) is 9.30. The first-order valence-electron chi connectivity index (χ1n) is 15.1. The van der Waals surface area contributed by atoms with Gasteiger partial charge in [-0.05, 0) is 86.1 Å². The minimum atomic E-state index is -5.08. The van der Waals surface area contributed by atoms with Crippen molar-refractivity contribution in [1.82, 2.24) is 15.2 Å². The van der Waals surface area contributed by atoms with Gasteiger partial charge < -0.3 is 36.3 Å². The number of nitrogens with one attached hydrogen (secondary N) is 3. The zero-order valence-corrected chi connectivity index (χ0v) is 27.6. The zero-order valence-electron chi connectivity index (χ0n) is 26.8. The molecule has 3 atom stereocenters. The number of nitrogens with zero attached hydrogens (tertiary/aromatic N) is 2. The van der Waals surface area contributed by atoms with E-state index in [0.29, 0.717) is 22.8 Å². The first-order valence-corrected chi connectivity index (χ1v) is 15.5. The number of rotatable bonds is 8. The van der Waals surface area contributed by atoms with Crippen LogP contribution in [-0.2, 0) is 16.0 Å². The first-order chi connectivity index (χ1) is 23.0. The van der Waals surface area contributed by atoms with Crippen LogP contribution in [0.2, 0.25) is 5.02 Å². The van der Waals surface area contributed by atoms with Crippen LogP contribution in [0.25, 0.3) is 10.9 Å². The second kappa shape index (κ2) is 15.4. The molecule has 0 saturated heterocycles. The van der Waals surface area contributed by atoms with E-state index in [1.807, 2.05) is 63.6 Å². The van der Waals surface area contributed by atoms with Gasteiger partial charge in [0.05, 0.1) is 0 Å².